The zero-order valence-electron chi connectivity index (χ0n) is 12.5. The first-order valence-corrected chi connectivity index (χ1v) is 8.09. The molecule has 1 aliphatic rings. The van der Waals surface area contributed by atoms with E-state index in [0.717, 1.165) is 10.5 Å². The summed E-state index contributed by atoms with van der Waals surface area (Å²) in [4.78, 5) is 30.0. The van der Waals surface area contributed by atoms with Gasteiger partial charge in [-0.1, -0.05) is 30.3 Å². The minimum absolute atomic E-state index is 0.0552. The topological polar surface area (TPSA) is 67.4 Å². The zero-order valence-corrected chi connectivity index (χ0v) is 13.4. The molecule has 3 rings (SSSR count). The molecule has 0 saturated heterocycles. The Bertz CT molecular complexity index is 734. The first-order chi connectivity index (χ1) is 11.1. The second-order valence-electron chi connectivity index (χ2n) is 5.17. The second kappa shape index (κ2) is 6.85. The number of benzene rings is 2. The van der Waals surface area contributed by atoms with Crippen molar-refractivity contribution in [2.45, 2.75) is 23.7 Å². The molecule has 6 heteroatoms. The summed E-state index contributed by atoms with van der Waals surface area (Å²) in [6.07, 6.45) is 0. The summed E-state index contributed by atoms with van der Waals surface area (Å²) in [5.41, 5.74) is 4.48. The van der Waals surface area contributed by atoms with Crippen LogP contribution in [0, 0.1) is 0 Å². The van der Waals surface area contributed by atoms with Gasteiger partial charge in [-0.15, -0.1) is 11.8 Å². The number of fused-ring (bicyclic) bond motifs is 1. The van der Waals surface area contributed by atoms with Crippen molar-refractivity contribution in [3.05, 3.63) is 59.7 Å². The molecular weight excluding hydrogens is 312 g/mol. The van der Waals surface area contributed by atoms with Crippen LogP contribution in [0.5, 0.6) is 0 Å². The molecule has 0 radical (unpaired) electrons. The van der Waals surface area contributed by atoms with Gasteiger partial charge in [0.05, 0.1) is 17.5 Å². The third-order valence-corrected chi connectivity index (χ3v) is 4.60. The highest BCUT2D eigenvalue weighted by molar-refractivity contribution is 8.00. The standard InChI is InChI=1S/C17H16N2O3S/c1-11-16(20)18-14-9-13(7-8-15(14)23-11)17(21)19-22-10-12-5-3-2-4-6-12/h2-9,11H,10H2,1H3,(H,18,20)(H,19,21)/t11-/m0/s1. The maximum atomic E-state index is 12.1. The van der Waals surface area contributed by atoms with Crippen LogP contribution in [0.2, 0.25) is 0 Å². The fourth-order valence-electron chi connectivity index (χ4n) is 2.17. The number of hydroxylamine groups is 1. The number of nitrogens with one attached hydrogen (secondary N) is 2. The van der Waals surface area contributed by atoms with E-state index in [2.05, 4.69) is 10.8 Å². The predicted molar refractivity (Wildman–Crippen MR) is 89.1 cm³/mol. The van der Waals surface area contributed by atoms with Gasteiger partial charge in [-0.05, 0) is 30.7 Å². The largest absolute Gasteiger partial charge is 0.324 e. The molecule has 0 aliphatic carbocycles. The molecule has 1 aliphatic heterocycles. The molecule has 118 valence electrons. The van der Waals surface area contributed by atoms with Crippen LogP contribution in [0.4, 0.5) is 5.69 Å². The third kappa shape index (κ3) is 3.72. The van der Waals surface area contributed by atoms with Gasteiger partial charge in [-0.25, -0.2) is 5.48 Å². The molecule has 0 saturated carbocycles. The number of thioether (sulfide) groups is 1. The Morgan fingerprint density at radius 1 is 1.26 bits per heavy atom. The van der Waals surface area contributed by atoms with Crippen LogP contribution < -0.4 is 10.8 Å². The molecule has 0 unspecified atom stereocenters. The maximum absolute atomic E-state index is 12.1. The Kier molecular flexibility index (Phi) is 4.64. The van der Waals surface area contributed by atoms with E-state index in [1.54, 1.807) is 12.1 Å². The molecule has 2 aromatic rings. The fourth-order valence-corrected chi connectivity index (χ4v) is 3.10. The van der Waals surface area contributed by atoms with Crippen LogP contribution in [0.25, 0.3) is 0 Å². The van der Waals surface area contributed by atoms with Crippen molar-refractivity contribution in [3.63, 3.8) is 0 Å². The number of carbonyl (C=O) groups excluding carboxylic acids is 2. The van der Waals surface area contributed by atoms with E-state index in [0.29, 0.717) is 17.9 Å². The number of amides is 2. The summed E-state index contributed by atoms with van der Waals surface area (Å²) in [5.74, 6) is -0.401. The van der Waals surface area contributed by atoms with Gasteiger partial charge in [0.2, 0.25) is 5.91 Å². The van der Waals surface area contributed by atoms with E-state index in [9.17, 15) is 9.59 Å². The number of rotatable bonds is 4. The van der Waals surface area contributed by atoms with Gasteiger partial charge in [-0.3, -0.25) is 14.4 Å². The highest BCUT2D eigenvalue weighted by Gasteiger charge is 2.23. The molecule has 0 fully saturated rings. The summed E-state index contributed by atoms with van der Waals surface area (Å²) in [6.45, 7) is 2.14. The van der Waals surface area contributed by atoms with Crippen LogP contribution in [0.15, 0.2) is 53.4 Å². The average Bonchev–Trinajstić information content (AvgIpc) is 2.56. The molecule has 0 aromatic heterocycles. The van der Waals surface area contributed by atoms with Gasteiger partial charge in [0, 0.05) is 10.5 Å². The van der Waals surface area contributed by atoms with Crippen molar-refractivity contribution in [1.82, 2.24) is 5.48 Å². The first kappa shape index (κ1) is 15.6. The molecular formula is C17H16N2O3S. The molecule has 5 nitrogen and oxygen atoms in total. The van der Waals surface area contributed by atoms with Crippen molar-refractivity contribution in [2.24, 2.45) is 0 Å². The van der Waals surface area contributed by atoms with Crippen molar-refractivity contribution in [1.29, 1.82) is 0 Å². The number of carbonyl (C=O) groups is 2. The van der Waals surface area contributed by atoms with E-state index in [1.165, 1.54) is 11.8 Å². The van der Waals surface area contributed by atoms with Gasteiger partial charge in [0.15, 0.2) is 0 Å². The fraction of sp³-hybridized carbons (Fsp3) is 0.176. The monoisotopic (exact) mass is 328 g/mol. The first-order valence-electron chi connectivity index (χ1n) is 7.21. The van der Waals surface area contributed by atoms with E-state index in [4.69, 9.17) is 4.84 Å². The normalized spacial score (nSPS) is 16.4. The summed E-state index contributed by atoms with van der Waals surface area (Å²) in [5, 5.41) is 2.68. The van der Waals surface area contributed by atoms with Crippen molar-refractivity contribution in [2.75, 3.05) is 5.32 Å². The predicted octanol–water partition coefficient (Wildman–Crippen LogP) is 2.98. The van der Waals surface area contributed by atoms with Crippen LogP contribution in [-0.2, 0) is 16.2 Å². The Balaban J connectivity index is 1.62. The summed E-state index contributed by atoms with van der Waals surface area (Å²) in [7, 11) is 0. The Hall–Kier alpha value is -2.31. The lowest BCUT2D eigenvalue weighted by Gasteiger charge is -2.21. The smallest absolute Gasteiger partial charge is 0.274 e. The third-order valence-electron chi connectivity index (χ3n) is 3.42. The van der Waals surface area contributed by atoms with E-state index in [-0.39, 0.29) is 17.1 Å². The Labute approximate surface area is 138 Å². The van der Waals surface area contributed by atoms with E-state index in [1.807, 2.05) is 43.3 Å². The average molecular weight is 328 g/mol. The van der Waals surface area contributed by atoms with Crippen molar-refractivity contribution >= 4 is 29.3 Å². The lowest BCUT2D eigenvalue weighted by atomic mass is 10.2. The minimum atomic E-state index is -0.346. The Morgan fingerprint density at radius 2 is 2.04 bits per heavy atom. The highest BCUT2D eigenvalue weighted by Crippen LogP contribution is 2.35. The second-order valence-corrected chi connectivity index (χ2v) is 6.55. The molecule has 0 spiro atoms. The van der Waals surface area contributed by atoms with Gasteiger partial charge < -0.3 is 5.32 Å². The summed E-state index contributed by atoms with van der Waals surface area (Å²) < 4.78 is 0. The number of hydrogen-bond acceptors (Lipinski definition) is 4. The van der Waals surface area contributed by atoms with Crippen LogP contribution in [0.3, 0.4) is 0 Å². The van der Waals surface area contributed by atoms with Crippen molar-refractivity contribution < 1.29 is 14.4 Å². The Morgan fingerprint density at radius 3 is 2.83 bits per heavy atom. The SMILES string of the molecule is C[C@@H]1Sc2ccc(C(=O)NOCc3ccccc3)cc2NC1=O. The number of hydrogen-bond donors (Lipinski definition) is 2. The van der Waals surface area contributed by atoms with Gasteiger partial charge in [-0.2, -0.15) is 0 Å². The van der Waals surface area contributed by atoms with E-state index >= 15 is 0 Å². The molecule has 2 aromatic carbocycles. The molecule has 23 heavy (non-hydrogen) atoms. The van der Waals surface area contributed by atoms with Crippen LogP contribution >= 0.6 is 11.8 Å². The van der Waals surface area contributed by atoms with Crippen LogP contribution in [-0.4, -0.2) is 17.1 Å². The molecule has 1 heterocycles. The van der Waals surface area contributed by atoms with Gasteiger partial charge in [0.1, 0.15) is 0 Å². The molecule has 0 bridgehead atoms. The zero-order chi connectivity index (χ0) is 16.2. The van der Waals surface area contributed by atoms with E-state index < -0.39 is 0 Å². The molecule has 1 atom stereocenters. The van der Waals surface area contributed by atoms with Crippen molar-refractivity contribution in [3.8, 4) is 0 Å². The van der Waals surface area contributed by atoms with Crippen LogP contribution in [0.1, 0.15) is 22.8 Å². The summed E-state index contributed by atoms with van der Waals surface area (Å²) >= 11 is 1.48. The van der Waals surface area contributed by atoms with Gasteiger partial charge >= 0.3 is 0 Å². The quantitative estimate of drug-likeness (QED) is 0.847. The lowest BCUT2D eigenvalue weighted by Crippen LogP contribution is -2.27. The van der Waals surface area contributed by atoms with Gasteiger partial charge in [0.25, 0.3) is 5.91 Å². The molecule has 2 N–H and O–H groups in total. The maximum Gasteiger partial charge on any atom is 0.274 e. The summed E-state index contributed by atoms with van der Waals surface area (Å²) in [6, 6.07) is 14.8. The number of anilines is 1. The molecule has 2 amide bonds. The lowest BCUT2D eigenvalue weighted by molar-refractivity contribution is -0.115. The minimum Gasteiger partial charge on any atom is -0.324 e. The highest BCUT2D eigenvalue weighted by atomic mass is 32.2.